The summed E-state index contributed by atoms with van der Waals surface area (Å²) in [6.07, 6.45) is 11.9. The van der Waals surface area contributed by atoms with E-state index >= 15 is 0 Å². The van der Waals surface area contributed by atoms with Crippen molar-refractivity contribution >= 4 is 33.4 Å². The van der Waals surface area contributed by atoms with Crippen molar-refractivity contribution in [1.29, 1.82) is 5.26 Å². The molecule has 214 valence electrons. The summed E-state index contributed by atoms with van der Waals surface area (Å²) < 4.78 is 0.905. The molecule has 0 radical (unpaired) electrons. The summed E-state index contributed by atoms with van der Waals surface area (Å²) in [5.74, 6) is 0.121. The number of hydrogen-bond acceptors (Lipinski definition) is 5. The van der Waals surface area contributed by atoms with E-state index in [1.807, 2.05) is 42.1 Å². The maximum atomic E-state index is 14.4. The summed E-state index contributed by atoms with van der Waals surface area (Å²) in [4.78, 5) is 45.7. The van der Waals surface area contributed by atoms with Gasteiger partial charge in [-0.15, -0.1) is 0 Å². The van der Waals surface area contributed by atoms with Crippen molar-refractivity contribution in [3.05, 3.63) is 34.1 Å². The molecule has 1 aliphatic heterocycles. The average molecular weight is 609 g/mol. The minimum absolute atomic E-state index is 0.00491. The topological polar surface area (TPSA) is 81.5 Å². The van der Waals surface area contributed by atoms with Gasteiger partial charge in [0.15, 0.2) is 11.6 Å². The fourth-order valence-corrected chi connectivity index (χ4v) is 10.6. The van der Waals surface area contributed by atoms with Gasteiger partial charge >= 0.3 is 0 Å². The van der Waals surface area contributed by atoms with Crippen molar-refractivity contribution in [2.75, 3.05) is 13.7 Å². The van der Waals surface area contributed by atoms with Crippen molar-refractivity contribution in [2.24, 2.45) is 51.2 Å². The fourth-order valence-electron chi connectivity index (χ4n) is 10.2. The molecule has 1 amide bonds. The van der Waals surface area contributed by atoms with Crippen LogP contribution >= 0.6 is 15.9 Å². The highest BCUT2D eigenvalue weighted by Gasteiger charge is 2.66. The zero-order valence-corrected chi connectivity index (χ0v) is 26.3. The number of nitriles is 1. The monoisotopic (exact) mass is 607 g/mol. The Balaban J connectivity index is 1.45. The van der Waals surface area contributed by atoms with Gasteiger partial charge in [-0.1, -0.05) is 46.3 Å². The summed E-state index contributed by atoms with van der Waals surface area (Å²) in [6, 6.07) is 2.16. The minimum atomic E-state index is -0.524. The van der Waals surface area contributed by atoms with E-state index in [-0.39, 0.29) is 63.5 Å². The number of nitrogens with zero attached hydrogens (tertiary/aromatic N) is 3. The second-order valence-corrected chi connectivity index (χ2v) is 15.8. The zero-order valence-electron chi connectivity index (χ0n) is 24.7. The van der Waals surface area contributed by atoms with Gasteiger partial charge in [0.25, 0.3) is 0 Å². The van der Waals surface area contributed by atoms with Crippen LogP contribution < -0.4 is 0 Å². The highest BCUT2D eigenvalue weighted by Crippen LogP contribution is 2.69. The van der Waals surface area contributed by atoms with Crippen LogP contribution in [0.15, 0.2) is 34.1 Å². The lowest BCUT2D eigenvalue weighted by Crippen LogP contribution is -2.62. The van der Waals surface area contributed by atoms with Gasteiger partial charge in [-0.05, 0) is 95.5 Å². The SMILES string of the molecule is C[C@H]1C(=O)C(C#N)=C[C@]2(C)C3=CC(=O)C4C5CC(C)(C)CC[C@]5(C(=O)N5C=C(Br)N(C)C5)CCC4[C@]3(C)CCC12. The van der Waals surface area contributed by atoms with Gasteiger partial charge in [0.2, 0.25) is 5.91 Å². The third-order valence-corrected chi connectivity index (χ3v) is 13.2. The molecular formula is C33H42BrN3O3. The number of hydrogen-bond donors (Lipinski definition) is 0. The Hall–Kier alpha value is -2.20. The van der Waals surface area contributed by atoms with E-state index in [9.17, 15) is 19.6 Å². The number of carbonyl (C=O) groups is 3. The van der Waals surface area contributed by atoms with Crippen LogP contribution in [-0.4, -0.2) is 41.0 Å². The van der Waals surface area contributed by atoms with E-state index < -0.39 is 10.8 Å². The Morgan fingerprint density at radius 1 is 1.05 bits per heavy atom. The van der Waals surface area contributed by atoms with Crippen LogP contribution in [-0.2, 0) is 14.4 Å². The standard InChI is InChI=1S/C33H42BrN3O3/c1-19-21-7-9-31(4)22-8-10-33(29(40)37-17-26(34)36(6)18-37)12-11-30(2,3)15-23(33)27(22)24(38)13-25(31)32(21,5)14-20(16-35)28(19)39/h13-14,17,19,21-23,27H,7-12,15,18H2,1-6H3/t19-,21?,22?,23?,27?,31+,32+,33-/m1/s1. The lowest BCUT2D eigenvalue weighted by atomic mass is 9.39. The van der Waals surface area contributed by atoms with Gasteiger partial charge < -0.3 is 4.90 Å². The second kappa shape index (κ2) is 8.90. The quantitative estimate of drug-likeness (QED) is 0.324. The smallest absolute Gasteiger partial charge is 0.234 e. The van der Waals surface area contributed by atoms with Gasteiger partial charge in [0.05, 0.1) is 22.3 Å². The number of halogens is 1. The Morgan fingerprint density at radius 3 is 2.40 bits per heavy atom. The third kappa shape index (κ3) is 3.66. The molecule has 40 heavy (non-hydrogen) atoms. The summed E-state index contributed by atoms with van der Waals surface area (Å²) in [5.41, 5.74) is 0.227. The van der Waals surface area contributed by atoms with Crippen molar-refractivity contribution in [1.82, 2.24) is 9.80 Å². The molecule has 0 aromatic heterocycles. The molecule has 0 bridgehead atoms. The largest absolute Gasteiger partial charge is 0.350 e. The number of allylic oxidation sites excluding steroid dienone is 4. The lowest BCUT2D eigenvalue weighted by molar-refractivity contribution is -0.167. The van der Waals surface area contributed by atoms with Crippen LogP contribution in [0.4, 0.5) is 0 Å². The third-order valence-electron chi connectivity index (χ3n) is 12.4. The molecule has 6 aliphatic rings. The molecule has 7 heteroatoms. The molecule has 1 heterocycles. The van der Waals surface area contributed by atoms with E-state index in [1.165, 1.54) is 0 Å². The predicted octanol–water partition coefficient (Wildman–Crippen LogP) is 6.35. The molecule has 3 fully saturated rings. The molecule has 0 N–H and O–H groups in total. The molecule has 0 saturated heterocycles. The normalized spacial score (nSPS) is 43.9. The van der Waals surface area contributed by atoms with Crippen LogP contribution in [0.3, 0.4) is 0 Å². The van der Waals surface area contributed by atoms with E-state index in [0.29, 0.717) is 6.67 Å². The van der Waals surface area contributed by atoms with Gasteiger partial charge in [0, 0.05) is 30.5 Å². The Labute approximate surface area is 247 Å². The Kier molecular flexibility index (Phi) is 6.22. The second-order valence-electron chi connectivity index (χ2n) is 15.0. The first kappa shape index (κ1) is 27.9. The molecule has 8 atom stereocenters. The number of fused-ring (bicyclic) bond motifs is 7. The van der Waals surface area contributed by atoms with Crippen LogP contribution in [0.25, 0.3) is 0 Å². The van der Waals surface area contributed by atoms with Crippen molar-refractivity contribution < 1.29 is 14.4 Å². The molecule has 0 aromatic carbocycles. The predicted molar refractivity (Wildman–Crippen MR) is 156 cm³/mol. The van der Waals surface area contributed by atoms with Crippen LogP contribution in [0.5, 0.6) is 0 Å². The van der Waals surface area contributed by atoms with Crippen molar-refractivity contribution in [3.8, 4) is 6.07 Å². The van der Waals surface area contributed by atoms with Crippen molar-refractivity contribution in [3.63, 3.8) is 0 Å². The fraction of sp³-hybridized carbons (Fsp3) is 0.697. The number of amides is 1. The highest BCUT2D eigenvalue weighted by atomic mass is 79.9. The molecule has 0 aromatic rings. The number of ketones is 2. The maximum absolute atomic E-state index is 14.4. The van der Waals surface area contributed by atoms with E-state index in [1.54, 1.807) is 0 Å². The van der Waals surface area contributed by atoms with Crippen LogP contribution in [0.1, 0.15) is 79.6 Å². The maximum Gasteiger partial charge on any atom is 0.234 e. The van der Waals surface area contributed by atoms with E-state index in [2.05, 4.69) is 49.7 Å². The van der Waals surface area contributed by atoms with Gasteiger partial charge in [-0.3, -0.25) is 19.3 Å². The molecular weight excluding hydrogens is 566 g/mol. The van der Waals surface area contributed by atoms with Gasteiger partial charge in [0.1, 0.15) is 6.07 Å². The first-order chi connectivity index (χ1) is 18.7. The molecule has 3 saturated carbocycles. The van der Waals surface area contributed by atoms with E-state index in [4.69, 9.17) is 0 Å². The molecule has 4 unspecified atom stereocenters. The van der Waals surface area contributed by atoms with Crippen LogP contribution in [0.2, 0.25) is 0 Å². The zero-order chi connectivity index (χ0) is 29.0. The van der Waals surface area contributed by atoms with E-state index in [0.717, 1.165) is 55.1 Å². The highest BCUT2D eigenvalue weighted by molar-refractivity contribution is 9.11. The Morgan fingerprint density at radius 2 is 1.75 bits per heavy atom. The molecule has 6 nitrogen and oxygen atoms in total. The average Bonchev–Trinajstić information content (AvgIpc) is 3.24. The van der Waals surface area contributed by atoms with Gasteiger partial charge in [-0.2, -0.15) is 5.26 Å². The first-order valence-corrected chi connectivity index (χ1v) is 15.8. The molecule has 5 aliphatic carbocycles. The minimum Gasteiger partial charge on any atom is -0.350 e. The van der Waals surface area contributed by atoms with Crippen LogP contribution in [0, 0.1) is 62.6 Å². The lowest BCUT2D eigenvalue weighted by Gasteiger charge is -2.64. The van der Waals surface area contributed by atoms with Gasteiger partial charge in [-0.25, -0.2) is 0 Å². The summed E-state index contributed by atoms with van der Waals surface area (Å²) in [5, 5.41) is 9.79. The molecule has 6 rings (SSSR count). The first-order valence-electron chi connectivity index (χ1n) is 15.0. The Bertz CT molecular complexity index is 1340. The summed E-state index contributed by atoms with van der Waals surface area (Å²) in [6.45, 7) is 11.6. The van der Waals surface area contributed by atoms with Crippen molar-refractivity contribution in [2.45, 2.75) is 79.6 Å². The summed E-state index contributed by atoms with van der Waals surface area (Å²) >= 11 is 3.59. The summed E-state index contributed by atoms with van der Waals surface area (Å²) in [7, 11) is 1.98. The number of carbonyl (C=O) groups excluding carboxylic acids is 3. The molecule has 0 spiro atoms. The number of Topliss-reactive ketones (excluding diaryl/α,β-unsaturated/α-hetero) is 1. The number of rotatable bonds is 1.